The Morgan fingerprint density at radius 3 is 2.52 bits per heavy atom. The highest BCUT2D eigenvalue weighted by atomic mass is 16.6. The standard InChI is InChI=1S/C15H15NO5/c1-2-5-14(15(17)18)21-13-9-8-12(16(19)20)10-6-3-4-7-11(10)13/h3-4,6-9,14H,2,5H2,1H3,(H,17,18). The number of aliphatic carboxylic acids is 1. The number of non-ortho nitro benzene ring substituents is 1. The highest BCUT2D eigenvalue weighted by molar-refractivity contribution is 5.95. The number of ether oxygens (including phenoxy) is 1. The molecule has 2 aromatic rings. The fourth-order valence-electron chi connectivity index (χ4n) is 2.17. The van der Waals surface area contributed by atoms with Gasteiger partial charge in [0.25, 0.3) is 5.69 Å². The van der Waals surface area contributed by atoms with Gasteiger partial charge in [-0.25, -0.2) is 4.79 Å². The monoisotopic (exact) mass is 289 g/mol. The van der Waals surface area contributed by atoms with Crippen LogP contribution in [0.25, 0.3) is 10.8 Å². The minimum atomic E-state index is -1.04. The summed E-state index contributed by atoms with van der Waals surface area (Å²) in [7, 11) is 0. The molecule has 2 rings (SSSR count). The smallest absolute Gasteiger partial charge is 0.344 e. The van der Waals surface area contributed by atoms with Crippen molar-refractivity contribution in [3.63, 3.8) is 0 Å². The van der Waals surface area contributed by atoms with Gasteiger partial charge in [0.15, 0.2) is 6.10 Å². The lowest BCUT2D eigenvalue weighted by Crippen LogP contribution is -2.26. The van der Waals surface area contributed by atoms with Gasteiger partial charge < -0.3 is 9.84 Å². The molecule has 0 aromatic heterocycles. The van der Waals surface area contributed by atoms with E-state index < -0.39 is 17.0 Å². The SMILES string of the molecule is CCCC(Oc1ccc([N+](=O)[O-])c2ccccc12)C(=O)O. The zero-order valence-corrected chi connectivity index (χ0v) is 11.5. The van der Waals surface area contributed by atoms with Crippen LogP contribution in [0.4, 0.5) is 5.69 Å². The van der Waals surface area contributed by atoms with Crippen molar-refractivity contribution < 1.29 is 19.6 Å². The first-order chi connectivity index (χ1) is 10.0. The van der Waals surface area contributed by atoms with Crippen LogP contribution in [0.15, 0.2) is 36.4 Å². The number of carboxylic acids is 1. The summed E-state index contributed by atoms with van der Waals surface area (Å²) in [6.07, 6.45) is 0.0857. The van der Waals surface area contributed by atoms with Crippen molar-refractivity contribution in [1.82, 2.24) is 0 Å². The Kier molecular flexibility index (Phi) is 4.37. The number of carbonyl (C=O) groups is 1. The Morgan fingerprint density at radius 2 is 1.95 bits per heavy atom. The van der Waals surface area contributed by atoms with E-state index in [1.54, 1.807) is 24.3 Å². The number of nitro groups is 1. The Balaban J connectivity index is 2.48. The molecule has 0 aliphatic rings. The van der Waals surface area contributed by atoms with Gasteiger partial charge in [-0.15, -0.1) is 0 Å². The van der Waals surface area contributed by atoms with Crippen molar-refractivity contribution in [2.45, 2.75) is 25.9 Å². The van der Waals surface area contributed by atoms with E-state index in [4.69, 9.17) is 9.84 Å². The quantitative estimate of drug-likeness (QED) is 0.650. The maximum atomic E-state index is 11.2. The number of benzene rings is 2. The average Bonchev–Trinajstić information content (AvgIpc) is 2.46. The second kappa shape index (κ2) is 6.21. The van der Waals surface area contributed by atoms with E-state index in [2.05, 4.69) is 0 Å². The van der Waals surface area contributed by atoms with E-state index in [0.29, 0.717) is 29.4 Å². The molecule has 6 nitrogen and oxygen atoms in total. The lowest BCUT2D eigenvalue weighted by molar-refractivity contribution is -0.383. The summed E-state index contributed by atoms with van der Waals surface area (Å²) in [5.41, 5.74) is -0.0275. The van der Waals surface area contributed by atoms with Gasteiger partial charge in [-0.3, -0.25) is 10.1 Å². The summed E-state index contributed by atoms with van der Waals surface area (Å²) >= 11 is 0. The molecule has 1 unspecified atom stereocenters. The van der Waals surface area contributed by atoms with Gasteiger partial charge in [0.2, 0.25) is 0 Å². The van der Waals surface area contributed by atoms with Crippen molar-refractivity contribution >= 4 is 22.4 Å². The second-order valence-electron chi connectivity index (χ2n) is 4.62. The largest absolute Gasteiger partial charge is 0.479 e. The lowest BCUT2D eigenvalue weighted by atomic mass is 10.1. The first kappa shape index (κ1) is 14.8. The highest BCUT2D eigenvalue weighted by Gasteiger charge is 2.21. The molecule has 0 spiro atoms. The van der Waals surface area contributed by atoms with Gasteiger partial charge in [-0.05, 0) is 18.6 Å². The molecule has 0 saturated carbocycles. The topological polar surface area (TPSA) is 89.7 Å². The van der Waals surface area contributed by atoms with Gasteiger partial charge in [0, 0.05) is 11.5 Å². The summed E-state index contributed by atoms with van der Waals surface area (Å²) in [6.45, 7) is 1.87. The number of nitrogens with zero attached hydrogens (tertiary/aromatic N) is 1. The first-order valence-electron chi connectivity index (χ1n) is 6.60. The van der Waals surface area contributed by atoms with Crippen LogP contribution in [0, 0.1) is 10.1 Å². The van der Waals surface area contributed by atoms with Gasteiger partial charge in [0.05, 0.1) is 10.3 Å². The Bertz CT molecular complexity index is 683. The number of carboxylic acid groups (broad SMARTS) is 1. The third-order valence-corrected chi connectivity index (χ3v) is 3.15. The van der Waals surface area contributed by atoms with Crippen molar-refractivity contribution in [3.8, 4) is 5.75 Å². The molecule has 0 saturated heterocycles. The van der Waals surface area contributed by atoms with Gasteiger partial charge in [-0.2, -0.15) is 0 Å². The molecule has 110 valence electrons. The van der Waals surface area contributed by atoms with E-state index in [-0.39, 0.29) is 5.69 Å². The molecule has 21 heavy (non-hydrogen) atoms. The molecule has 2 aromatic carbocycles. The van der Waals surface area contributed by atoms with E-state index >= 15 is 0 Å². The van der Waals surface area contributed by atoms with Crippen LogP contribution in [0.5, 0.6) is 5.75 Å². The van der Waals surface area contributed by atoms with Crippen molar-refractivity contribution in [1.29, 1.82) is 0 Å². The molecular formula is C15H15NO5. The number of nitro benzene ring substituents is 1. The third-order valence-electron chi connectivity index (χ3n) is 3.15. The molecule has 0 aliphatic heterocycles. The van der Waals surface area contributed by atoms with Crippen molar-refractivity contribution in [2.75, 3.05) is 0 Å². The zero-order chi connectivity index (χ0) is 15.4. The van der Waals surface area contributed by atoms with Crippen LogP contribution in [0.1, 0.15) is 19.8 Å². The fourth-order valence-corrected chi connectivity index (χ4v) is 2.17. The van der Waals surface area contributed by atoms with Crippen LogP contribution < -0.4 is 4.74 Å². The van der Waals surface area contributed by atoms with Crippen molar-refractivity contribution in [3.05, 3.63) is 46.5 Å². The third kappa shape index (κ3) is 3.10. The van der Waals surface area contributed by atoms with Gasteiger partial charge in [0.1, 0.15) is 5.75 Å². The van der Waals surface area contributed by atoms with E-state index in [0.717, 1.165) is 0 Å². The first-order valence-corrected chi connectivity index (χ1v) is 6.60. The number of hydrogen-bond acceptors (Lipinski definition) is 4. The molecule has 1 N–H and O–H groups in total. The van der Waals surface area contributed by atoms with Crippen molar-refractivity contribution in [2.24, 2.45) is 0 Å². The summed E-state index contributed by atoms with van der Waals surface area (Å²) in [6, 6.07) is 9.52. The molecular weight excluding hydrogens is 274 g/mol. The molecule has 0 bridgehead atoms. The molecule has 0 radical (unpaired) electrons. The maximum absolute atomic E-state index is 11.2. The summed E-state index contributed by atoms with van der Waals surface area (Å²) in [4.78, 5) is 21.7. The fraction of sp³-hybridized carbons (Fsp3) is 0.267. The Labute approximate surface area is 121 Å². The van der Waals surface area contributed by atoms with Crippen LogP contribution in [0.3, 0.4) is 0 Å². The molecule has 0 aliphatic carbocycles. The normalized spacial score (nSPS) is 12.0. The minimum absolute atomic E-state index is 0.0275. The molecule has 0 heterocycles. The summed E-state index contributed by atoms with van der Waals surface area (Å²) < 4.78 is 5.54. The minimum Gasteiger partial charge on any atom is -0.479 e. The Morgan fingerprint density at radius 1 is 1.29 bits per heavy atom. The van der Waals surface area contributed by atoms with Crippen LogP contribution in [-0.2, 0) is 4.79 Å². The average molecular weight is 289 g/mol. The Hall–Kier alpha value is -2.63. The molecule has 1 atom stereocenters. The highest BCUT2D eigenvalue weighted by Crippen LogP contribution is 2.33. The molecule has 6 heteroatoms. The molecule has 0 amide bonds. The second-order valence-corrected chi connectivity index (χ2v) is 4.62. The maximum Gasteiger partial charge on any atom is 0.344 e. The lowest BCUT2D eigenvalue weighted by Gasteiger charge is -2.16. The number of fused-ring (bicyclic) bond motifs is 1. The van der Waals surface area contributed by atoms with E-state index in [9.17, 15) is 14.9 Å². The summed E-state index contributed by atoms with van der Waals surface area (Å²) in [5, 5.41) is 21.1. The van der Waals surface area contributed by atoms with Crippen LogP contribution in [0.2, 0.25) is 0 Å². The predicted octanol–water partition coefficient (Wildman–Crippen LogP) is 3.38. The molecule has 0 fully saturated rings. The number of rotatable bonds is 6. The number of hydrogen-bond donors (Lipinski definition) is 1. The van der Waals surface area contributed by atoms with E-state index in [1.165, 1.54) is 12.1 Å². The van der Waals surface area contributed by atoms with Gasteiger partial charge in [-0.1, -0.05) is 31.5 Å². The zero-order valence-electron chi connectivity index (χ0n) is 11.5. The van der Waals surface area contributed by atoms with E-state index in [1.807, 2.05) is 6.92 Å². The summed E-state index contributed by atoms with van der Waals surface area (Å²) in [5.74, 6) is -0.698. The van der Waals surface area contributed by atoms with Crippen LogP contribution in [-0.4, -0.2) is 22.1 Å². The van der Waals surface area contributed by atoms with Crippen LogP contribution >= 0.6 is 0 Å². The predicted molar refractivity (Wildman–Crippen MR) is 77.6 cm³/mol. The van der Waals surface area contributed by atoms with Gasteiger partial charge >= 0.3 is 5.97 Å².